The molecule has 0 radical (unpaired) electrons. The van der Waals surface area contributed by atoms with E-state index in [9.17, 15) is 9.90 Å². The SMILES string of the molecule is CCCOc1ccc(CCC)c(OCCC)c1C=CC(=O)c1ccc(O)cc1. The molecular weight excluding hydrogens is 352 g/mol. The molecule has 0 aliphatic heterocycles. The first-order chi connectivity index (χ1) is 13.6. The molecule has 0 spiro atoms. The van der Waals surface area contributed by atoms with Crippen LogP contribution in [0.2, 0.25) is 0 Å². The lowest BCUT2D eigenvalue weighted by molar-refractivity contribution is 0.104. The van der Waals surface area contributed by atoms with Crippen molar-refractivity contribution >= 4 is 11.9 Å². The van der Waals surface area contributed by atoms with Gasteiger partial charge >= 0.3 is 0 Å². The summed E-state index contributed by atoms with van der Waals surface area (Å²) in [6, 6.07) is 10.3. The number of hydrogen-bond donors (Lipinski definition) is 1. The maximum absolute atomic E-state index is 12.5. The minimum absolute atomic E-state index is 0.135. The minimum atomic E-state index is -0.135. The highest BCUT2D eigenvalue weighted by atomic mass is 16.5. The third-order valence-electron chi connectivity index (χ3n) is 4.22. The molecule has 0 aromatic heterocycles. The zero-order valence-electron chi connectivity index (χ0n) is 17.0. The third-order valence-corrected chi connectivity index (χ3v) is 4.22. The van der Waals surface area contributed by atoms with Gasteiger partial charge in [-0.1, -0.05) is 33.3 Å². The van der Waals surface area contributed by atoms with E-state index in [0.29, 0.717) is 18.8 Å². The van der Waals surface area contributed by atoms with E-state index in [1.54, 1.807) is 18.2 Å². The summed E-state index contributed by atoms with van der Waals surface area (Å²) in [5, 5.41) is 9.40. The first kappa shape index (κ1) is 21.5. The number of phenolic OH excluding ortho intramolecular Hbond substituents is 1. The van der Waals surface area contributed by atoms with Gasteiger partial charge in [-0.3, -0.25) is 4.79 Å². The van der Waals surface area contributed by atoms with Crippen molar-refractivity contribution in [3.8, 4) is 17.2 Å². The van der Waals surface area contributed by atoms with Crippen LogP contribution in [-0.2, 0) is 6.42 Å². The normalized spacial score (nSPS) is 11.0. The summed E-state index contributed by atoms with van der Waals surface area (Å²) in [6.07, 6.45) is 7.03. The van der Waals surface area contributed by atoms with E-state index in [4.69, 9.17) is 9.47 Å². The first-order valence-electron chi connectivity index (χ1n) is 10.0. The van der Waals surface area contributed by atoms with E-state index in [-0.39, 0.29) is 11.5 Å². The van der Waals surface area contributed by atoms with Gasteiger partial charge in [0.1, 0.15) is 17.2 Å². The van der Waals surface area contributed by atoms with Crippen LogP contribution >= 0.6 is 0 Å². The van der Waals surface area contributed by atoms with Crippen LogP contribution in [0.1, 0.15) is 61.5 Å². The molecule has 2 aromatic rings. The summed E-state index contributed by atoms with van der Waals surface area (Å²) in [5.74, 6) is 1.52. The van der Waals surface area contributed by atoms with Gasteiger partial charge in [-0.25, -0.2) is 0 Å². The molecule has 0 heterocycles. The second-order valence-corrected chi connectivity index (χ2v) is 6.66. The Balaban J connectivity index is 2.42. The fourth-order valence-corrected chi connectivity index (χ4v) is 2.84. The molecule has 2 aromatic carbocycles. The first-order valence-corrected chi connectivity index (χ1v) is 10.0. The molecule has 4 nitrogen and oxygen atoms in total. The molecule has 0 fully saturated rings. The highest BCUT2D eigenvalue weighted by Gasteiger charge is 2.14. The molecule has 0 atom stereocenters. The van der Waals surface area contributed by atoms with Crippen LogP contribution in [0.3, 0.4) is 0 Å². The Labute approximate surface area is 167 Å². The Morgan fingerprint density at radius 1 is 0.929 bits per heavy atom. The second kappa shape index (κ2) is 11.2. The summed E-state index contributed by atoms with van der Waals surface area (Å²) < 4.78 is 12.0. The minimum Gasteiger partial charge on any atom is -0.508 e. The zero-order chi connectivity index (χ0) is 20.4. The van der Waals surface area contributed by atoms with Crippen LogP contribution in [0.25, 0.3) is 6.08 Å². The molecule has 0 saturated heterocycles. The Bertz CT molecular complexity index is 791. The van der Waals surface area contributed by atoms with Crippen molar-refractivity contribution in [3.63, 3.8) is 0 Å². The Hall–Kier alpha value is -2.75. The monoisotopic (exact) mass is 382 g/mol. The van der Waals surface area contributed by atoms with Crippen molar-refractivity contribution in [2.45, 2.75) is 46.5 Å². The van der Waals surface area contributed by atoms with Gasteiger partial charge in [-0.2, -0.15) is 0 Å². The molecule has 0 aliphatic carbocycles. The average Bonchev–Trinajstić information content (AvgIpc) is 2.70. The van der Waals surface area contributed by atoms with E-state index >= 15 is 0 Å². The number of benzene rings is 2. The summed E-state index contributed by atoms with van der Waals surface area (Å²) >= 11 is 0. The molecule has 28 heavy (non-hydrogen) atoms. The van der Waals surface area contributed by atoms with E-state index in [0.717, 1.165) is 48.3 Å². The van der Waals surface area contributed by atoms with Crippen LogP contribution in [0.4, 0.5) is 0 Å². The van der Waals surface area contributed by atoms with Crippen molar-refractivity contribution in [2.24, 2.45) is 0 Å². The molecular formula is C24H30O4. The number of carbonyl (C=O) groups excluding carboxylic acids is 1. The van der Waals surface area contributed by atoms with Crippen molar-refractivity contribution in [1.82, 2.24) is 0 Å². The largest absolute Gasteiger partial charge is 0.508 e. The lowest BCUT2D eigenvalue weighted by atomic mass is 10.0. The van der Waals surface area contributed by atoms with Gasteiger partial charge in [0, 0.05) is 5.56 Å². The van der Waals surface area contributed by atoms with Gasteiger partial charge < -0.3 is 14.6 Å². The predicted octanol–water partition coefficient (Wildman–Crippen LogP) is 5.82. The summed E-state index contributed by atoms with van der Waals surface area (Å²) in [4.78, 5) is 12.5. The number of ether oxygens (including phenoxy) is 2. The Kier molecular flexibility index (Phi) is 8.60. The van der Waals surface area contributed by atoms with Crippen molar-refractivity contribution in [2.75, 3.05) is 13.2 Å². The molecule has 4 heteroatoms. The zero-order valence-corrected chi connectivity index (χ0v) is 17.0. The number of ketones is 1. The molecule has 0 amide bonds. The molecule has 0 bridgehead atoms. The maximum atomic E-state index is 12.5. The van der Waals surface area contributed by atoms with Gasteiger partial charge in [0.2, 0.25) is 0 Å². The Morgan fingerprint density at radius 2 is 1.61 bits per heavy atom. The maximum Gasteiger partial charge on any atom is 0.185 e. The van der Waals surface area contributed by atoms with Gasteiger partial charge in [0.05, 0.1) is 18.8 Å². The van der Waals surface area contributed by atoms with E-state index in [1.807, 2.05) is 6.07 Å². The number of rotatable bonds is 11. The number of aromatic hydroxyl groups is 1. The van der Waals surface area contributed by atoms with Crippen LogP contribution in [0, 0.1) is 0 Å². The molecule has 0 aliphatic rings. The number of hydrogen-bond acceptors (Lipinski definition) is 4. The van der Waals surface area contributed by atoms with Gasteiger partial charge in [-0.05, 0) is 67.3 Å². The van der Waals surface area contributed by atoms with Gasteiger partial charge in [-0.15, -0.1) is 0 Å². The molecule has 1 N–H and O–H groups in total. The number of carbonyl (C=O) groups is 1. The molecule has 0 unspecified atom stereocenters. The highest BCUT2D eigenvalue weighted by Crippen LogP contribution is 2.35. The Morgan fingerprint density at radius 3 is 2.25 bits per heavy atom. The molecule has 0 saturated carbocycles. The number of phenols is 1. The van der Waals surface area contributed by atoms with Gasteiger partial charge in [0.15, 0.2) is 5.78 Å². The smallest absolute Gasteiger partial charge is 0.185 e. The van der Waals surface area contributed by atoms with Crippen LogP contribution < -0.4 is 9.47 Å². The summed E-state index contributed by atoms with van der Waals surface area (Å²) in [5.41, 5.74) is 2.45. The van der Waals surface area contributed by atoms with E-state index in [1.165, 1.54) is 18.2 Å². The van der Waals surface area contributed by atoms with Crippen LogP contribution in [0.15, 0.2) is 42.5 Å². The third kappa shape index (κ3) is 5.88. The molecule has 2 rings (SSSR count). The average molecular weight is 383 g/mol. The van der Waals surface area contributed by atoms with Gasteiger partial charge in [0.25, 0.3) is 0 Å². The predicted molar refractivity (Wildman–Crippen MR) is 113 cm³/mol. The lowest BCUT2D eigenvalue weighted by Crippen LogP contribution is -2.05. The topological polar surface area (TPSA) is 55.8 Å². The summed E-state index contributed by atoms with van der Waals surface area (Å²) in [7, 11) is 0. The van der Waals surface area contributed by atoms with Crippen molar-refractivity contribution < 1.29 is 19.4 Å². The van der Waals surface area contributed by atoms with Crippen LogP contribution in [0.5, 0.6) is 17.2 Å². The fourth-order valence-electron chi connectivity index (χ4n) is 2.84. The van der Waals surface area contributed by atoms with Crippen LogP contribution in [-0.4, -0.2) is 24.1 Å². The van der Waals surface area contributed by atoms with Crippen molar-refractivity contribution in [1.29, 1.82) is 0 Å². The lowest BCUT2D eigenvalue weighted by Gasteiger charge is -2.17. The fraction of sp³-hybridized carbons (Fsp3) is 0.375. The van der Waals surface area contributed by atoms with E-state index in [2.05, 4.69) is 26.8 Å². The number of allylic oxidation sites excluding steroid dienone is 1. The highest BCUT2D eigenvalue weighted by molar-refractivity contribution is 6.07. The molecule has 150 valence electrons. The summed E-state index contributed by atoms with van der Waals surface area (Å²) in [6.45, 7) is 7.48. The van der Waals surface area contributed by atoms with E-state index < -0.39 is 0 Å². The quantitative estimate of drug-likeness (QED) is 0.393. The second-order valence-electron chi connectivity index (χ2n) is 6.66. The standard InChI is InChI=1S/C24H30O4/c1-4-7-19-10-15-23(27-16-5-2)21(24(19)28-17-6-3)13-14-22(26)18-8-11-20(25)12-9-18/h8-15,25H,4-7,16-17H2,1-3H3. The van der Waals surface area contributed by atoms with Crippen molar-refractivity contribution in [3.05, 3.63) is 59.2 Å². The number of aryl methyl sites for hydroxylation is 1.